The monoisotopic (exact) mass is 471 g/mol. The third kappa shape index (κ3) is 6.47. The van der Waals surface area contributed by atoms with Crippen LogP contribution in [0.15, 0.2) is 22.7 Å². The fourth-order valence-corrected chi connectivity index (χ4v) is 4.15. The van der Waals surface area contributed by atoms with Gasteiger partial charge in [-0.3, -0.25) is 14.5 Å². The molecule has 0 spiro atoms. The van der Waals surface area contributed by atoms with E-state index in [1.54, 1.807) is 0 Å². The number of hydrogen-bond acceptors (Lipinski definition) is 5. The zero-order valence-corrected chi connectivity index (χ0v) is 17.9. The van der Waals surface area contributed by atoms with Crippen molar-refractivity contribution in [1.29, 1.82) is 0 Å². The van der Waals surface area contributed by atoms with Gasteiger partial charge in [0.25, 0.3) is 5.91 Å². The van der Waals surface area contributed by atoms with E-state index in [0.717, 1.165) is 38.8 Å². The Balaban J connectivity index is 1.44. The molecule has 2 aliphatic rings. The van der Waals surface area contributed by atoms with E-state index < -0.39 is 11.7 Å². The van der Waals surface area contributed by atoms with Gasteiger partial charge in [0.15, 0.2) is 0 Å². The summed E-state index contributed by atoms with van der Waals surface area (Å²) in [5.74, 6) is -0.626. The summed E-state index contributed by atoms with van der Waals surface area (Å²) >= 11 is 3.23. The number of nitrogens with one attached hydrogen (secondary N) is 2. The van der Waals surface area contributed by atoms with Gasteiger partial charge in [-0.2, -0.15) is 0 Å². The number of rotatable bonds is 8. The normalized spacial score (nSPS) is 21.0. The van der Waals surface area contributed by atoms with Gasteiger partial charge in [0, 0.05) is 55.6 Å². The second-order valence-corrected chi connectivity index (χ2v) is 8.13. The summed E-state index contributed by atoms with van der Waals surface area (Å²) < 4.78 is 24.8. The van der Waals surface area contributed by atoms with E-state index >= 15 is 0 Å². The summed E-state index contributed by atoms with van der Waals surface area (Å²) in [5, 5.41) is 5.65. The van der Waals surface area contributed by atoms with E-state index in [0.29, 0.717) is 30.1 Å². The molecule has 1 aromatic rings. The van der Waals surface area contributed by atoms with Gasteiger partial charge in [-0.25, -0.2) is 4.39 Å². The largest absolute Gasteiger partial charge is 0.381 e. The molecule has 2 aliphatic heterocycles. The van der Waals surface area contributed by atoms with Crippen molar-refractivity contribution in [2.75, 3.05) is 52.6 Å². The minimum absolute atomic E-state index is 0.124. The van der Waals surface area contributed by atoms with Crippen LogP contribution in [-0.2, 0) is 14.3 Å². The first kappa shape index (κ1) is 22.1. The minimum atomic E-state index is -0.485. The first-order valence-corrected chi connectivity index (χ1v) is 10.7. The molecular weight excluding hydrogens is 445 g/mol. The molecule has 2 N–H and O–H groups in total. The first-order valence-electron chi connectivity index (χ1n) is 9.94. The van der Waals surface area contributed by atoms with Crippen molar-refractivity contribution in [1.82, 2.24) is 15.5 Å². The van der Waals surface area contributed by atoms with Gasteiger partial charge in [0.05, 0.1) is 25.4 Å². The lowest BCUT2D eigenvalue weighted by Crippen LogP contribution is -2.52. The van der Waals surface area contributed by atoms with Crippen molar-refractivity contribution < 1.29 is 23.5 Å². The predicted octanol–water partition coefficient (Wildman–Crippen LogP) is 1.56. The fraction of sp³-hybridized carbons (Fsp3) is 0.600. The Morgan fingerprint density at radius 2 is 2.00 bits per heavy atom. The third-order valence-electron chi connectivity index (χ3n) is 5.34. The molecule has 0 aliphatic carbocycles. The van der Waals surface area contributed by atoms with Crippen molar-refractivity contribution in [3.05, 3.63) is 34.1 Å². The standard InChI is InChI=1S/C20H27BrFN3O4/c21-17-2-1-15(22)11-16(17)20(27)23-5-3-19(26)24-12-18(14-4-8-29-13-14)25-6-9-28-10-7-25/h1-2,11,14,18H,3-10,12-13H2,(H,23,27)(H,24,26). The van der Waals surface area contributed by atoms with Crippen molar-refractivity contribution in [3.63, 3.8) is 0 Å². The Morgan fingerprint density at radius 3 is 2.72 bits per heavy atom. The highest BCUT2D eigenvalue weighted by atomic mass is 79.9. The van der Waals surface area contributed by atoms with Crippen molar-refractivity contribution in [2.24, 2.45) is 5.92 Å². The molecule has 2 saturated heterocycles. The topological polar surface area (TPSA) is 79.9 Å². The Labute approximate surface area is 178 Å². The maximum absolute atomic E-state index is 13.3. The van der Waals surface area contributed by atoms with Gasteiger partial charge >= 0.3 is 0 Å². The third-order valence-corrected chi connectivity index (χ3v) is 6.03. The van der Waals surface area contributed by atoms with Gasteiger partial charge in [0.2, 0.25) is 5.91 Å². The summed E-state index contributed by atoms with van der Waals surface area (Å²) in [6, 6.07) is 4.14. The van der Waals surface area contributed by atoms with Crippen LogP contribution in [-0.4, -0.2) is 75.4 Å². The predicted molar refractivity (Wildman–Crippen MR) is 109 cm³/mol. The molecule has 2 amide bonds. The molecule has 160 valence electrons. The van der Waals surface area contributed by atoms with Crippen LogP contribution in [0.5, 0.6) is 0 Å². The van der Waals surface area contributed by atoms with E-state index in [4.69, 9.17) is 9.47 Å². The molecule has 2 unspecified atom stereocenters. The molecule has 2 heterocycles. The van der Waals surface area contributed by atoms with Gasteiger partial charge < -0.3 is 20.1 Å². The number of carbonyl (C=O) groups is 2. The zero-order chi connectivity index (χ0) is 20.6. The summed E-state index contributed by atoms with van der Waals surface area (Å²) in [5.41, 5.74) is 0.207. The van der Waals surface area contributed by atoms with Crippen LogP contribution in [0.1, 0.15) is 23.2 Å². The van der Waals surface area contributed by atoms with Gasteiger partial charge in [-0.05, 0) is 40.5 Å². The molecule has 2 atom stereocenters. The summed E-state index contributed by atoms with van der Waals surface area (Å²) in [4.78, 5) is 26.8. The van der Waals surface area contributed by atoms with E-state index in [2.05, 4.69) is 31.5 Å². The van der Waals surface area contributed by atoms with Gasteiger partial charge in [-0.1, -0.05) is 0 Å². The van der Waals surface area contributed by atoms with Crippen molar-refractivity contribution in [2.45, 2.75) is 18.9 Å². The molecule has 0 aromatic heterocycles. The van der Waals surface area contributed by atoms with E-state index in [1.165, 1.54) is 12.1 Å². The lowest BCUT2D eigenvalue weighted by molar-refractivity contribution is -0.121. The van der Waals surface area contributed by atoms with Crippen molar-refractivity contribution >= 4 is 27.7 Å². The number of benzene rings is 1. The average molecular weight is 472 g/mol. The van der Waals surface area contributed by atoms with Crippen LogP contribution >= 0.6 is 15.9 Å². The lowest BCUT2D eigenvalue weighted by Gasteiger charge is -2.37. The number of amides is 2. The highest BCUT2D eigenvalue weighted by Gasteiger charge is 2.31. The minimum Gasteiger partial charge on any atom is -0.381 e. The molecule has 9 heteroatoms. The Hall–Kier alpha value is -1.55. The maximum atomic E-state index is 13.3. The fourth-order valence-electron chi connectivity index (χ4n) is 3.72. The average Bonchev–Trinajstić information content (AvgIpc) is 3.25. The van der Waals surface area contributed by atoms with Crippen LogP contribution in [0.25, 0.3) is 0 Å². The highest BCUT2D eigenvalue weighted by Crippen LogP contribution is 2.22. The van der Waals surface area contributed by atoms with E-state index in [-0.39, 0.29) is 30.5 Å². The lowest BCUT2D eigenvalue weighted by atomic mass is 9.97. The van der Waals surface area contributed by atoms with Crippen LogP contribution < -0.4 is 10.6 Å². The smallest absolute Gasteiger partial charge is 0.252 e. The zero-order valence-electron chi connectivity index (χ0n) is 16.3. The van der Waals surface area contributed by atoms with Crippen molar-refractivity contribution in [3.8, 4) is 0 Å². The number of nitrogens with zero attached hydrogens (tertiary/aromatic N) is 1. The molecule has 2 fully saturated rings. The van der Waals surface area contributed by atoms with Crippen LogP contribution in [0.3, 0.4) is 0 Å². The number of halogens is 2. The molecule has 0 saturated carbocycles. The Bertz CT molecular complexity index is 709. The van der Waals surface area contributed by atoms with E-state index in [9.17, 15) is 14.0 Å². The summed E-state index contributed by atoms with van der Waals surface area (Å²) in [6.07, 6.45) is 1.16. The SMILES string of the molecule is O=C(CCNC(=O)c1cc(F)ccc1Br)NCC(C1CCOC1)N1CCOCC1. The number of ether oxygens (including phenoxy) is 2. The number of carbonyl (C=O) groups excluding carboxylic acids is 2. The maximum Gasteiger partial charge on any atom is 0.252 e. The Morgan fingerprint density at radius 1 is 1.21 bits per heavy atom. The molecular formula is C20H27BrFN3O4. The Kier molecular flexibility index (Phi) is 8.40. The molecule has 1 aromatic carbocycles. The second-order valence-electron chi connectivity index (χ2n) is 7.27. The highest BCUT2D eigenvalue weighted by molar-refractivity contribution is 9.10. The molecule has 29 heavy (non-hydrogen) atoms. The second kappa shape index (κ2) is 11.0. The van der Waals surface area contributed by atoms with Crippen LogP contribution in [0, 0.1) is 11.7 Å². The molecule has 7 nitrogen and oxygen atoms in total. The van der Waals surface area contributed by atoms with Crippen LogP contribution in [0.4, 0.5) is 4.39 Å². The number of hydrogen-bond donors (Lipinski definition) is 2. The van der Waals surface area contributed by atoms with E-state index in [1.807, 2.05) is 0 Å². The molecule has 0 radical (unpaired) electrons. The quantitative estimate of drug-likeness (QED) is 0.601. The number of morpholine rings is 1. The molecule has 3 rings (SSSR count). The van der Waals surface area contributed by atoms with Gasteiger partial charge in [-0.15, -0.1) is 0 Å². The molecule has 0 bridgehead atoms. The summed E-state index contributed by atoms with van der Waals surface area (Å²) in [6.45, 7) is 5.35. The summed E-state index contributed by atoms with van der Waals surface area (Å²) in [7, 11) is 0. The first-order chi connectivity index (χ1) is 14.0. The van der Waals surface area contributed by atoms with Crippen LogP contribution in [0.2, 0.25) is 0 Å². The van der Waals surface area contributed by atoms with Gasteiger partial charge in [0.1, 0.15) is 5.82 Å².